The van der Waals surface area contributed by atoms with Crippen LogP contribution in [0.25, 0.3) is 0 Å². The highest BCUT2D eigenvalue weighted by atomic mass is 35.5. The van der Waals surface area contributed by atoms with Gasteiger partial charge in [0.05, 0.1) is 0 Å². The van der Waals surface area contributed by atoms with Gasteiger partial charge in [0.15, 0.2) is 0 Å². The summed E-state index contributed by atoms with van der Waals surface area (Å²) in [5, 5.41) is 0.816. The van der Waals surface area contributed by atoms with Gasteiger partial charge >= 0.3 is 0 Å². The van der Waals surface area contributed by atoms with Crippen molar-refractivity contribution in [1.82, 2.24) is 9.88 Å². The summed E-state index contributed by atoms with van der Waals surface area (Å²) in [6.07, 6.45) is 0. The molecule has 0 aliphatic rings. The molecule has 1 aromatic carbocycles. The second kappa shape index (κ2) is 7.90. The highest BCUT2D eigenvalue weighted by Crippen LogP contribution is 2.31. The van der Waals surface area contributed by atoms with E-state index in [-0.39, 0.29) is 0 Å². The number of aromatic nitrogens is 1. The number of nitrogens with zero attached hydrogens (tertiary/aromatic N) is 3. The van der Waals surface area contributed by atoms with Crippen molar-refractivity contribution in [2.45, 2.75) is 4.90 Å². The topological polar surface area (TPSA) is 19.4 Å². The molecule has 0 aliphatic carbocycles. The molecule has 1 heterocycles. The fourth-order valence-corrected chi connectivity index (χ4v) is 3.31. The largest absolute Gasteiger partial charge is 0.311 e. The first-order chi connectivity index (χ1) is 10.0. The van der Waals surface area contributed by atoms with Crippen molar-refractivity contribution >= 4 is 40.8 Å². The second-order valence-corrected chi connectivity index (χ2v) is 6.65. The van der Waals surface area contributed by atoms with Gasteiger partial charge in [-0.2, -0.15) is 0 Å². The Kier molecular flexibility index (Phi) is 6.18. The molecule has 0 unspecified atom stereocenters. The van der Waals surface area contributed by atoms with E-state index < -0.39 is 0 Å². The molecule has 0 bridgehead atoms. The predicted molar refractivity (Wildman–Crippen MR) is 92.5 cm³/mol. The molecule has 21 heavy (non-hydrogen) atoms. The first kappa shape index (κ1) is 16.4. The summed E-state index contributed by atoms with van der Waals surface area (Å²) in [5.74, 6) is 0. The van der Waals surface area contributed by atoms with E-state index in [2.05, 4.69) is 40.4 Å². The molecule has 0 atom stereocenters. The van der Waals surface area contributed by atoms with Gasteiger partial charge in [-0.15, -0.1) is 0 Å². The Morgan fingerprint density at radius 2 is 1.62 bits per heavy atom. The first-order valence-electron chi connectivity index (χ1n) is 6.53. The zero-order valence-electron chi connectivity index (χ0n) is 12.0. The maximum Gasteiger partial charge on any atom is 0.132 e. The van der Waals surface area contributed by atoms with Gasteiger partial charge in [0.25, 0.3) is 0 Å². The molecule has 0 radical (unpaired) electrons. The van der Waals surface area contributed by atoms with Gasteiger partial charge in [0, 0.05) is 23.7 Å². The standard InChI is InChI=1S/C15H17Cl2N3S/c1-19(2)8-9-20(12-6-4-3-5-7-12)21-13-10-14(16)18-15(17)11-13/h3-7,10-11H,8-9H2,1-2H3. The molecule has 2 aromatic rings. The lowest BCUT2D eigenvalue weighted by Gasteiger charge is -2.25. The van der Waals surface area contributed by atoms with Gasteiger partial charge in [0.1, 0.15) is 10.3 Å². The van der Waals surface area contributed by atoms with E-state index in [9.17, 15) is 0 Å². The van der Waals surface area contributed by atoms with Crippen molar-refractivity contribution in [2.24, 2.45) is 0 Å². The third-order valence-corrected chi connectivity index (χ3v) is 4.19. The average molecular weight is 342 g/mol. The van der Waals surface area contributed by atoms with Crippen LogP contribution in [0, 0.1) is 0 Å². The van der Waals surface area contributed by atoms with E-state index in [0.29, 0.717) is 10.3 Å². The van der Waals surface area contributed by atoms with Gasteiger partial charge in [-0.25, -0.2) is 4.98 Å². The Morgan fingerprint density at radius 3 is 2.19 bits per heavy atom. The van der Waals surface area contributed by atoms with Crippen LogP contribution in [0.15, 0.2) is 47.4 Å². The molecule has 2 rings (SSSR count). The van der Waals surface area contributed by atoms with Crippen LogP contribution >= 0.6 is 35.1 Å². The summed E-state index contributed by atoms with van der Waals surface area (Å²) in [5.41, 5.74) is 1.15. The molecule has 0 fully saturated rings. The summed E-state index contributed by atoms with van der Waals surface area (Å²) in [6, 6.07) is 13.9. The Bertz CT molecular complexity index is 558. The molecule has 112 valence electrons. The molecular weight excluding hydrogens is 325 g/mol. The lowest BCUT2D eigenvalue weighted by Crippen LogP contribution is -2.26. The molecular formula is C15H17Cl2N3S. The minimum Gasteiger partial charge on any atom is -0.311 e. The number of benzene rings is 1. The summed E-state index contributed by atoms with van der Waals surface area (Å²) >= 11 is 13.6. The molecule has 0 amide bonds. The molecule has 0 saturated carbocycles. The molecule has 0 N–H and O–H groups in total. The minimum atomic E-state index is 0.408. The Balaban J connectivity index is 2.19. The fourth-order valence-electron chi connectivity index (χ4n) is 1.74. The van der Waals surface area contributed by atoms with E-state index in [1.54, 1.807) is 11.9 Å². The average Bonchev–Trinajstić information content (AvgIpc) is 2.43. The summed E-state index contributed by atoms with van der Waals surface area (Å²) in [4.78, 5) is 7.11. The Morgan fingerprint density at radius 1 is 1.00 bits per heavy atom. The number of likely N-dealkylation sites (N-methyl/N-ethyl adjacent to an activating group) is 1. The van der Waals surface area contributed by atoms with E-state index in [0.717, 1.165) is 23.7 Å². The summed E-state index contributed by atoms with van der Waals surface area (Å²) < 4.78 is 2.22. The third kappa shape index (κ3) is 5.40. The Hall–Kier alpha value is -0.940. The smallest absolute Gasteiger partial charge is 0.132 e. The summed E-state index contributed by atoms with van der Waals surface area (Å²) in [7, 11) is 4.13. The van der Waals surface area contributed by atoms with Crippen LogP contribution in [-0.2, 0) is 0 Å². The number of hydrogen-bond acceptors (Lipinski definition) is 4. The normalized spacial score (nSPS) is 10.9. The predicted octanol–water partition coefficient (Wildman–Crippen LogP) is 4.46. The number of halogens is 2. The molecule has 0 saturated heterocycles. The highest BCUT2D eigenvalue weighted by Gasteiger charge is 2.10. The van der Waals surface area contributed by atoms with Crippen molar-refractivity contribution in [3.05, 3.63) is 52.8 Å². The Labute approximate surface area is 140 Å². The number of rotatable bonds is 6. The number of anilines is 1. The molecule has 0 spiro atoms. The minimum absolute atomic E-state index is 0.408. The monoisotopic (exact) mass is 341 g/mol. The molecule has 3 nitrogen and oxygen atoms in total. The number of pyridine rings is 1. The fraction of sp³-hybridized carbons (Fsp3) is 0.267. The van der Waals surface area contributed by atoms with Gasteiger partial charge < -0.3 is 9.21 Å². The van der Waals surface area contributed by atoms with Gasteiger partial charge in [-0.05, 0) is 50.3 Å². The van der Waals surface area contributed by atoms with Crippen LogP contribution in [0.2, 0.25) is 10.3 Å². The summed E-state index contributed by atoms with van der Waals surface area (Å²) in [6.45, 7) is 1.84. The lowest BCUT2D eigenvalue weighted by molar-refractivity contribution is 0.421. The molecule has 6 heteroatoms. The first-order valence-corrected chi connectivity index (χ1v) is 8.06. The van der Waals surface area contributed by atoms with Crippen molar-refractivity contribution in [3.8, 4) is 0 Å². The maximum atomic E-state index is 5.97. The van der Waals surface area contributed by atoms with Crippen LogP contribution < -0.4 is 4.31 Å². The SMILES string of the molecule is CN(C)CCN(Sc1cc(Cl)nc(Cl)c1)c1ccccc1. The van der Waals surface area contributed by atoms with Gasteiger partial charge in [-0.1, -0.05) is 41.4 Å². The van der Waals surface area contributed by atoms with Gasteiger partial charge in [0.2, 0.25) is 0 Å². The third-order valence-electron chi connectivity index (χ3n) is 2.75. The quantitative estimate of drug-likeness (QED) is 0.570. The van der Waals surface area contributed by atoms with E-state index >= 15 is 0 Å². The zero-order valence-corrected chi connectivity index (χ0v) is 14.3. The van der Waals surface area contributed by atoms with E-state index in [1.165, 1.54) is 0 Å². The van der Waals surface area contributed by atoms with Crippen molar-refractivity contribution in [3.63, 3.8) is 0 Å². The van der Waals surface area contributed by atoms with Crippen LogP contribution in [-0.4, -0.2) is 37.1 Å². The van der Waals surface area contributed by atoms with Crippen molar-refractivity contribution < 1.29 is 0 Å². The van der Waals surface area contributed by atoms with Crippen LogP contribution in [0.3, 0.4) is 0 Å². The van der Waals surface area contributed by atoms with Crippen LogP contribution in [0.5, 0.6) is 0 Å². The lowest BCUT2D eigenvalue weighted by atomic mass is 10.3. The molecule has 1 aromatic heterocycles. The highest BCUT2D eigenvalue weighted by molar-refractivity contribution is 8.00. The van der Waals surface area contributed by atoms with Crippen LogP contribution in [0.4, 0.5) is 5.69 Å². The van der Waals surface area contributed by atoms with Gasteiger partial charge in [-0.3, -0.25) is 0 Å². The van der Waals surface area contributed by atoms with Crippen molar-refractivity contribution in [1.29, 1.82) is 0 Å². The molecule has 0 aliphatic heterocycles. The van der Waals surface area contributed by atoms with E-state index in [4.69, 9.17) is 23.2 Å². The maximum absolute atomic E-state index is 5.97. The number of para-hydroxylation sites is 1. The van der Waals surface area contributed by atoms with Crippen molar-refractivity contribution in [2.75, 3.05) is 31.5 Å². The zero-order chi connectivity index (χ0) is 15.2. The van der Waals surface area contributed by atoms with E-state index in [1.807, 2.05) is 30.3 Å². The second-order valence-electron chi connectivity index (χ2n) is 4.78. The van der Waals surface area contributed by atoms with Crippen LogP contribution in [0.1, 0.15) is 0 Å². The number of hydrogen-bond donors (Lipinski definition) is 0.